The fraction of sp³-hybridized carbons (Fsp3) is 0.450. The van der Waals surface area contributed by atoms with Gasteiger partial charge in [0.25, 0.3) is 5.92 Å². The zero-order valence-electron chi connectivity index (χ0n) is 16.3. The number of hydrogen-bond acceptors (Lipinski definition) is 3. The van der Waals surface area contributed by atoms with Crippen molar-refractivity contribution in [2.75, 3.05) is 18.4 Å². The summed E-state index contributed by atoms with van der Waals surface area (Å²) >= 11 is 0. The third-order valence-corrected chi connectivity index (χ3v) is 5.09. The van der Waals surface area contributed by atoms with Crippen molar-refractivity contribution in [3.8, 4) is 0 Å². The zero-order chi connectivity index (χ0) is 21.3. The molecule has 0 atom stereocenters. The van der Waals surface area contributed by atoms with E-state index in [0.717, 1.165) is 10.5 Å². The number of alkyl halides is 2. The summed E-state index contributed by atoms with van der Waals surface area (Å²) in [5, 5.41) is 12.4. The number of fused-ring (bicyclic) bond motifs is 1. The molecule has 0 aliphatic carbocycles. The number of Topliss-reactive ketones (excluding diaryl/α,β-unsaturated/α-hetero) is 1. The van der Waals surface area contributed by atoms with Gasteiger partial charge >= 0.3 is 12.0 Å². The van der Waals surface area contributed by atoms with E-state index in [-0.39, 0.29) is 36.6 Å². The van der Waals surface area contributed by atoms with Crippen LogP contribution < -0.4 is 5.32 Å². The molecule has 2 N–H and O–H groups in total. The molecule has 2 aromatic rings. The summed E-state index contributed by atoms with van der Waals surface area (Å²) in [4.78, 5) is 37.5. The number of halogens is 2. The lowest BCUT2D eigenvalue weighted by Crippen LogP contribution is -2.47. The number of aryl methyl sites for hydroxylation is 1. The number of carbonyl (C=O) groups excluding carboxylic acids is 2. The molecule has 29 heavy (non-hydrogen) atoms. The molecule has 0 unspecified atom stereocenters. The number of hydrogen-bond donors (Lipinski definition) is 2. The average Bonchev–Trinajstić information content (AvgIpc) is 2.92. The Bertz CT molecular complexity index is 984. The van der Waals surface area contributed by atoms with Gasteiger partial charge in [-0.1, -0.05) is 13.0 Å². The Morgan fingerprint density at radius 1 is 1.28 bits per heavy atom. The van der Waals surface area contributed by atoms with Crippen molar-refractivity contribution >= 4 is 34.5 Å². The van der Waals surface area contributed by atoms with Crippen LogP contribution in [-0.2, 0) is 17.8 Å². The first-order chi connectivity index (χ1) is 13.6. The first-order valence-electron chi connectivity index (χ1n) is 9.44. The molecule has 2 amide bonds. The number of nitrogens with zero attached hydrogens (tertiary/aromatic N) is 2. The van der Waals surface area contributed by atoms with E-state index < -0.39 is 31.0 Å². The van der Waals surface area contributed by atoms with E-state index in [1.165, 1.54) is 11.5 Å². The summed E-state index contributed by atoms with van der Waals surface area (Å²) in [5.74, 6) is -4.46. The van der Waals surface area contributed by atoms with E-state index in [9.17, 15) is 28.3 Å². The second-order valence-corrected chi connectivity index (χ2v) is 7.28. The number of carbonyl (C=O) groups is 3. The Kier molecular flexibility index (Phi) is 5.59. The normalized spacial score (nSPS) is 16.1. The lowest BCUT2D eigenvalue weighted by molar-refractivity contribution is -0.137. The van der Waals surface area contributed by atoms with Crippen molar-refractivity contribution in [3.63, 3.8) is 0 Å². The molecule has 1 saturated heterocycles. The number of piperidine rings is 1. The number of nitrogens with one attached hydrogen (secondary N) is 1. The Hall–Kier alpha value is -2.97. The molecule has 2 heterocycles. The fourth-order valence-electron chi connectivity index (χ4n) is 3.73. The molecule has 156 valence electrons. The van der Waals surface area contributed by atoms with Gasteiger partial charge in [-0.15, -0.1) is 0 Å². The standard InChI is InChI=1S/C20H23F2N3O4/c1-3-13-5-6-15-14(9-13)17(12(2)26)18(25(15)10-16(27)28)23-19(29)24-8-4-7-20(21,22)11-24/h5-6,9H,3-4,7-8,10-11H2,1-2H3,(H,23,29)(H,27,28). The Labute approximate surface area is 166 Å². The minimum absolute atomic E-state index is 0.0158. The predicted octanol–water partition coefficient (Wildman–Crippen LogP) is 3.75. The number of anilines is 1. The van der Waals surface area contributed by atoms with E-state index in [4.69, 9.17) is 0 Å². The van der Waals surface area contributed by atoms with E-state index in [1.54, 1.807) is 12.1 Å². The van der Waals surface area contributed by atoms with E-state index in [1.807, 2.05) is 13.0 Å². The van der Waals surface area contributed by atoms with Crippen LogP contribution in [0, 0.1) is 0 Å². The molecular formula is C20H23F2N3O4. The molecule has 0 saturated carbocycles. The topological polar surface area (TPSA) is 91.6 Å². The first kappa shape index (κ1) is 20.8. The van der Waals surface area contributed by atoms with Gasteiger partial charge in [-0.3, -0.25) is 14.9 Å². The van der Waals surface area contributed by atoms with Crippen molar-refractivity contribution in [2.24, 2.45) is 0 Å². The predicted molar refractivity (Wildman–Crippen MR) is 104 cm³/mol. The van der Waals surface area contributed by atoms with Crippen molar-refractivity contribution in [2.45, 2.75) is 45.6 Å². The largest absolute Gasteiger partial charge is 0.480 e. The number of carboxylic acids is 1. The fourth-order valence-corrected chi connectivity index (χ4v) is 3.73. The number of urea groups is 1. The van der Waals surface area contributed by atoms with Crippen LogP contribution in [0.1, 0.15) is 42.6 Å². The SMILES string of the molecule is CCc1ccc2c(c1)c(C(C)=O)c(NC(=O)N1CCCC(F)(F)C1)n2CC(=O)O. The number of carboxylic acid groups (broad SMARTS) is 1. The Morgan fingerprint density at radius 3 is 2.59 bits per heavy atom. The number of ketones is 1. The van der Waals surface area contributed by atoms with Crippen LogP contribution in [0.4, 0.5) is 19.4 Å². The number of rotatable bonds is 5. The third kappa shape index (κ3) is 4.23. The molecule has 1 aromatic carbocycles. The summed E-state index contributed by atoms with van der Waals surface area (Å²) < 4.78 is 28.7. The molecule has 1 fully saturated rings. The van der Waals surface area contributed by atoms with Gasteiger partial charge in [0, 0.05) is 18.4 Å². The number of aliphatic carboxylic acids is 1. The van der Waals surface area contributed by atoms with Gasteiger partial charge in [0.2, 0.25) is 0 Å². The minimum atomic E-state index is -2.97. The number of amides is 2. The molecule has 9 heteroatoms. The maximum absolute atomic E-state index is 13.7. The van der Waals surface area contributed by atoms with Gasteiger partial charge in [-0.05, 0) is 37.5 Å². The van der Waals surface area contributed by atoms with E-state index in [2.05, 4.69) is 5.32 Å². The first-order valence-corrected chi connectivity index (χ1v) is 9.44. The van der Waals surface area contributed by atoms with E-state index >= 15 is 0 Å². The summed E-state index contributed by atoms with van der Waals surface area (Å²) in [6.07, 6.45) is 0.592. The highest BCUT2D eigenvalue weighted by Crippen LogP contribution is 2.33. The van der Waals surface area contributed by atoms with Crippen LogP contribution in [0.2, 0.25) is 0 Å². The quantitative estimate of drug-likeness (QED) is 0.739. The highest BCUT2D eigenvalue weighted by molar-refractivity contribution is 6.14. The Balaban J connectivity index is 2.09. The average molecular weight is 407 g/mol. The second-order valence-electron chi connectivity index (χ2n) is 7.28. The smallest absolute Gasteiger partial charge is 0.323 e. The van der Waals surface area contributed by atoms with Crippen LogP contribution in [0.25, 0.3) is 10.9 Å². The maximum Gasteiger partial charge on any atom is 0.323 e. The molecule has 3 rings (SSSR count). The highest BCUT2D eigenvalue weighted by Gasteiger charge is 2.37. The van der Waals surface area contributed by atoms with Crippen molar-refractivity contribution < 1.29 is 28.3 Å². The maximum atomic E-state index is 13.7. The number of likely N-dealkylation sites (tertiary alicyclic amines) is 1. The monoisotopic (exact) mass is 407 g/mol. The minimum Gasteiger partial charge on any atom is -0.480 e. The van der Waals surface area contributed by atoms with Crippen molar-refractivity contribution in [3.05, 3.63) is 29.3 Å². The molecule has 1 aliphatic heterocycles. The van der Waals surface area contributed by atoms with Crippen LogP contribution in [0.3, 0.4) is 0 Å². The molecule has 1 aliphatic rings. The lowest BCUT2D eigenvalue weighted by atomic mass is 10.1. The van der Waals surface area contributed by atoms with Crippen molar-refractivity contribution in [1.82, 2.24) is 9.47 Å². The molecular weight excluding hydrogens is 384 g/mol. The van der Waals surface area contributed by atoms with Gasteiger partial charge in [-0.25, -0.2) is 13.6 Å². The lowest BCUT2D eigenvalue weighted by Gasteiger charge is -2.32. The summed E-state index contributed by atoms with van der Waals surface area (Å²) in [6.45, 7) is 2.23. The van der Waals surface area contributed by atoms with Crippen LogP contribution in [0.5, 0.6) is 0 Å². The summed E-state index contributed by atoms with van der Waals surface area (Å²) in [7, 11) is 0. The van der Waals surface area contributed by atoms with Gasteiger partial charge in [0.1, 0.15) is 12.4 Å². The number of aromatic nitrogens is 1. The molecule has 0 radical (unpaired) electrons. The van der Waals surface area contributed by atoms with Gasteiger partial charge in [0.15, 0.2) is 5.78 Å². The highest BCUT2D eigenvalue weighted by atomic mass is 19.3. The van der Waals surface area contributed by atoms with Gasteiger partial charge in [0.05, 0.1) is 17.6 Å². The molecule has 1 aromatic heterocycles. The zero-order valence-corrected chi connectivity index (χ0v) is 16.3. The van der Waals surface area contributed by atoms with Crippen LogP contribution in [-0.4, -0.2) is 51.4 Å². The number of benzene rings is 1. The molecule has 0 bridgehead atoms. The van der Waals surface area contributed by atoms with Crippen LogP contribution >= 0.6 is 0 Å². The van der Waals surface area contributed by atoms with Gasteiger partial charge in [-0.2, -0.15) is 0 Å². The van der Waals surface area contributed by atoms with Crippen molar-refractivity contribution in [1.29, 1.82) is 0 Å². The third-order valence-electron chi connectivity index (χ3n) is 5.09. The Morgan fingerprint density at radius 2 is 2.00 bits per heavy atom. The van der Waals surface area contributed by atoms with E-state index in [0.29, 0.717) is 17.3 Å². The molecule has 0 spiro atoms. The summed E-state index contributed by atoms with van der Waals surface area (Å²) in [6, 6.07) is 4.53. The second kappa shape index (κ2) is 7.81. The molecule has 7 nitrogen and oxygen atoms in total. The van der Waals surface area contributed by atoms with Crippen LogP contribution in [0.15, 0.2) is 18.2 Å². The van der Waals surface area contributed by atoms with Gasteiger partial charge < -0.3 is 14.6 Å². The summed E-state index contributed by atoms with van der Waals surface area (Å²) in [5.41, 5.74) is 1.60.